The Balaban J connectivity index is 1.46. The first-order valence-corrected chi connectivity index (χ1v) is 9.83. The van der Waals surface area contributed by atoms with E-state index in [0.717, 1.165) is 22.6 Å². The Morgan fingerprint density at radius 1 is 1.17 bits per heavy atom. The van der Waals surface area contributed by atoms with E-state index in [1.807, 2.05) is 48.9 Å². The van der Waals surface area contributed by atoms with Crippen LogP contribution in [0, 0.1) is 24.0 Å². The van der Waals surface area contributed by atoms with Crippen molar-refractivity contribution in [2.45, 2.75) is 32.9 Å². The summed E-state index contributed by atoms with van der Waals surface area (Å²) in [4.78, 5) is 25.1. The van der Waals surface area contributed by atoms with Crippen LogP contribution in [0.3, 0.4) is 0 Å². The van der Waals surface area contributed by atoms with Gasteiger partial charge in [0.25, 0.3) is 5.69 Å². The maximum atomic E-state index is 12.9. The number of benzene rings is 2. The topological polar surface area (TPSA) is 93.3 Å². The predicted molar refractivity (Wildman–Crippen MR) is 115 cm³/mol. The number of rotatable bonds is 6. The third kappa shape index (κ3) is 4.03. The van der Waals surface area contributed by atoms with Gasteiger partial charge >= 0.3 is 0 Å². The summed E-state index contributed by atoms with van der Waals surface area (Å²) >= 11 is 0. The van der Waals surface area contributed by atoms with E-state index in [9.17, 15) is 14.9 Å². The highest BCUT2D eigenvalue weighted by atomic mass is 16.6. The van der Waals surface area contributed by atoms with Crippen LogP contribution in [0.5, 0.6) is 0 Å². The lowest BCUT2D eigenvalue weighted by atomic mass is 10.1. The van der Waals surface area contributed by atoms with Crippen LogP contribution in [0.15, 0.2) is 54.6 Å². The SMILES string of the molecule is Cc1cc(C)n(Cc2cccc(NC3CCN(c4cccc([N+](=O)[O-])c4)C3=O)c2)n1. The third-order valence-electron chi connectivity index (χ3n) is 5.26. The van der Waals surface area contributed by atoms with Crippen molar-refractivity contribution in [1.29, 1.82) is 0 Å². The molecule has 1 aliphatic rings. The lowest BCUT2D eigenvalue weighted by Gasteiger charge is -2.18. The minimum Gasteiger partial charge on any atom is -0.374 e. The van der Waals surface area contributed by atoms with Crippen molar-refractivity contribution in [3.8, 4) is 0 Å². The number of nitro groups is 1. The fraction of sp³-hybridized carbons (Fsp3) is 0.273. The molecule has 2 aromatic carbocycles. The molecule has 0 bridgehead atoms. The molecule has 30 heavy (non-hydrogen) atoms. The molecule has 3 aromatic rings. The number of anilines is 2. The monoisotopic (exact) mass is 405 g/mol. The Hall–Kier alpha value is -3.68. The molecule has 1 N–H and O–H groups in total. The molecule has 0 aliphatic carbocycles. The number of aromatic nitrogens is 2. The predicted octanol–water partition coefficient (Wildman–Crippen LogP) is 3.67. The molecule has 0 saturated carbocycles. The molecule has 1 aromatic heterocycles. The second-order valence-electron chi connectivity index (χ2n) is 7.54. The van der Waals surface area contributed by atoms with Gasteiger partial charge in [-0.1, -0.05) is 18.2 Å². The molecule has 8 nitrogen and oxygen atoms in total. The molecule has 1 saturated heterocycles. The Labute approximate surface area is 174 Å². The standard InChI is InChI=1S/C22H23N5O3/c1-15-11-16(2)26(24-15)14-17-5-3-6-18(12-17)23-21-9-10-25(22(21)28)19-7-4-8-20(13-19)27(29)30/h3-8,11-13,21,23H,9-10,14H2,1-2H3. The number of carbonyl (C=O) groups is 1. The van der Waals surface area contributed by atoms with Crippen LogP contribution in [-0.4, -0.2) is 33.2 Å². The van der Waals surface area contributed by atoms with Crippen LogP contribution >= 0.6 is 0 Å². The van der Waals surface area contributed by atoms with E-state index < -0.39 is 4.92 Å². The van der Waals surface area contributed by atoms with Crippen molar-refractivity contribution in [2.24, 2.45) is 0 Å². The smallest absolute Gasteiger partial charge is 0.271 e. The molecule has 1 fully saturated rings. The average molecular weight is 405 g/mol. The summed E-state index contributed by atoms with van der Waals surface area (Å²) in [5.41, 5.74) is 4.58. The minimum absolute atomic E-state index is 0.0199. The number of hydrogen-bond donors (Lipinski definition) is 1. The zero-order valence-electron chi connectivity index (χ0n) is 16.9. The summed E-state index contributed by atoms with van der Waals surface area (Å²) in [6, 6.07) is 15.8. The number of nitrogens with zero attached hydrogens (tertiary/aromatic N) is 4. The molecule has 8 heteroatoms. The molecule has 1 amide bonds. The van der Waals surface area contributed by atoms with Gasteiger partial charge in [-0.3, -0.25) is 19.6 Å². The van der Waals surface area contributed by atoms with E-state index in [1.165, 1.54) is 12.1 Å². The van der Waals surface area contributed by atoms with Gasteiger partial charge in [0.1, 0.15) is 6.04 Å². The summed E-state index contributed by atoms with van der Waals surface area (Å²) in [5, 5.41) is 18.8. The molecule has 1 aliphatic heterocycles. The first-order valence-electron chi connectivity index (χ1n) is 9.83. The van der Waals surface area contributed by atoms with Crippen molar-refractivity contribution < 1.29 is 9.72 Å². The molecule has 154 valence electrons. The Bertz CT molecular complexity index is 1110. The molecule has 4 rings (SSSR count). The maximum absolute atomic E-state index is 12.9. The van der Waals surface area contributed by atoms with Crippen molar-refractivity contribution in [3.63, 3.8) is 0 Å². The first-order chi connectivity index (χ1) is 14.4. The summed E-state index contributed by atoms with van der Waals surface area (Å²) in [7, 11) is 0. The van der Waals surface area contributed by atoms with Crippen LogP contribution < -0.4 is 10.2 Å². The quantitative estimate of drug-likeness (QED) is 0.499. The first kappa shape index (κ1) is 19.6. The number of hydrogen-bond acceptors (Lipinski definition) is 5. The third-order valence-corrected chi connectivity index (χ3v) is 5.26. The molecule has 2 heterocycles. The lowest BCUT2D eigenvalue weighted by molar-refractivity contribution is -0.384. The molecular weight excluding hydrogens is 382 g/mol. The largest absolute Gasteiger partial charge is 0.374 e. The van der Waals surface area contributed by atoms with Gasteiger partial charge in [-0.2, -0.15) is 5.10 Å². The molecule has 1 unspecified atom stereocenters. The van der Waals surface area contributed by atoms with Gasteiger partial charge < -0.3 is 10.2 Å². The van der Waals surface area contributed by atoms with Gasteiger partial charge in [0.2, 0.25) is 5.91 Å². The Morgan fingerprint density at radius 2 is 1.97 bits per heavy atom. The minimum atomic E-state index is -0.450. The van der Waals surface area contributed by atoms with Crippen molar-refractivity contribution in [3.05, 3.63) is 81.7 Å². The van der Waals surface area contributed by atoms with Crippen molar-refractivity contribution in [1.82, 2.24) is 9.78 Å². The second-order valence-corrected chi connectivity index (χ2v) is 7.54. The van der Waals surface area contributed by atoms with Gasteiger partial charge in [0.05, 0.1) is 22.8 Å². The normalized spacial score (nSPS) is 16.1. The van der Waals surface area contributed by atoms with Crippen LogP contribution in [0.25, 0.3) is 0 Å². The van der Waals surface area contributed by atoms with Crippen LogP contribution in [-0.2, 0) is 11.3 Å². The van der Waals surface area contributed by atoms with Gasteiger partial charge in [-0.05, 0) is 50.1 Å². The highest BCUT2D eigenvalue weighted by molar-refractivity contribution is 6.01. The number of nitrogens with one attached hydrogen (secondary N) is 1. The fourth-order valence-corrected chi connectivity index (χ4v) is 3.81. The maximum Gasteiger partial charge on any atom is 0.271 e. The second kappa shape index (κ2) is 7.98. The highest BCUT2D eigenvalue weighted by Gasteiger charge is 2.33. The average Bonchev–Trinajstić information content (AvgIpc) is 3.23. The zero-order valence-corrected chi connectivity index (χ0v) is 16.9. The molecule has 0 radical (unpaired) electrons. The summed E-state index contributed by atoms with van der Waals surface area (Å²) in [5.74, 6) is -0.0838. The van der Waals surface area contributed by atoms with Crippen molar-refractivity contribution >= 4 is 23.0 Å². The number of carbonyl (C=O) groups excluding carboxylic acids is 1. The Kier molecular flexibility index (Phi) is 5.22. The van der Waals surface area contributed by atoms with Crippen LogP contribution in [0.2, 0.25) is 0 Å². The Morgan fingerprint density at radius 3 is 2.70 bits per heavy atom. The van der Waals surface area contributed by atoms with Gasteiger partial charge in [0, 0.05) is 30.1 Å². The number of non-ortho nitro benzene ring substituents is 1. The molecule has 0 spiro atoms. The van der Waals surface area contributed by atoms with E-state index in [1.54, 1.807) is 17.0 Å². The number of nitro benzene ring substituents is 1. The van der Waals surface area contributed by atoms with Gasteiger partial charge in [-0.15, -0.1) is 0 Å². The van der Waals surface area contributed by atoms with Gasteiger partial charge in [-0.25, -0.2) is 0 Å². The van der Waals surface area contributed by atoms with E-state index in [2.05, 4.69) is 10.4 Å². The summed E-state index contributed by atoms with van der Waals surface area (Å²) in [6.45, 7) is 5.18. The van der Waals surface area contributed by atoms with E-state index in [4.69, 9.17) is 0 Å². The van der Waals surface area contributed by atoms with Crippen molar-refractivity contribution in [2.75, 3.05) is 16.8 Å². The lowest BCUT2D eigenvalue weighted by Crippen LogP contribution is -2.33. The molecular formula is C22H23N5O3. The number of aryl methyl sites for hydroxylation is 2. The van der Waals surface area contributed by atoms with E-state index in [-0.39, 0.29) is 17.6 Å². The van der Waals surface area contributed by atoms with E-state index in [0.29, 0.717) is 25.2 Å². The fourth-order valence-electron chi connectivity index (χ4n) is 3.81. The highest BCUT2D eigenvalue weighted by Crippen LogP contribution is 2.27. The summed E-state index contributed by atoms with van der Waals surface area (Å²) in [6.07, 6.45) is 0.628. The number of amides is 1. The van der Waals surface area contributed by atoms with Crippen LogP contribution in [0.4, 0.5) is 17.1 Å². The zero-order chi connectivity index (χ0) is 21.3. The molecule has 1 atom stereocenters. The summed E-state index contributed by atoms with van der Waals surface area (Å²) < 4.78 is 1.96. The van der Waals surface area contributed by atoms with E-state index >= 15 is 0 Å². The van der Waals surface area contributed by atoms with Gasteiger partial charge in [0.15, 0.2) is 0 Å². The van der Waals surface area contributed by atoms with Crippen LogP contribution in [0.1, 0.15) is 23.4 Å².